The number of ketones is 1. The van der Waals surface area contributed by atoms with Crippen LogP contribution in [0.4, 0.5) is 5.13 Å². The molecule has 1 amide bonds. The van der Waals surface area contributed by atoms with Crippen LogP contribution in [0.5, 0.6) is 0 Å². The number of anilines is 1. The lowest BCUT2D eigenvalue weighted by Gasteiger charge is -2.20. The lowest BCUT2D eigenvalue weighted by molar-refractivity contribution is -0.137. The van der Waals surface area contributed by atoms with Crippen molar-refractivity contribution in [2.24, 2.45) is 5.92 Å². The van der Waals surface area contributed by atoms with Gasteiger partial charge in [-0.3, -0.25) is 14.4 Å². The molecular formula is C22H35ClN2O4S. The van der Waals surface area contributed by atoms with E-state index >= 15 is 0 Å². The Bertz CT molecular complexity index is 678. The van der Waals surface area contributed by atoms with E-state index in [1.54, 1.807) is 11.3 Å². The molecule has 1 aliphatic rings. The molecule has 0 saturated heterocycles. The van der Waals surface area contributed by atoms with E-state index in [1.807, 2.05) is 0 Å². The van der Waals surface area contributed by atoms with Crippen LogP contribution in [0, 0.1) is 5.92 Å². The second-order valence-electron chi connectivity index (χ2n) is 7.68. The smallest absolute Gasteiger partial charge is 0.303 e. The minimum Gasteiger partial charge on any atom is -0.481 e. The van der Waals surface area contributed by atoms with Gasteiger partial charge in [-0.25, -0.2) is 4.98 Å². The van der Waals surface area contributed by atoms with Crippen molar-refractivity contribution in [2.45, 2.75) is 90.4 Å². The van der Waals surface area contributed by atoms with Crippen molar-refractivity contribution in [2.75, 3.05) is 11.7 Å². The number of carbonyl (C=O) groups excluding carboxylic acids is 2. The van der Waals surface area contributed by atoms with E-state index in [2.05, 4.69) is 28.8 Å². The Balaban J connectivity index is 0.00000218. The van der Waals surface area contributed by atoms with Gasteiger partial charge in [0, 0.05) is 36.9 Å². The van der Waals surface area contributed by atoms with E-state index in [4.69, 9.17) is 5.11 Å². The van der Waals surface area contributed by atoms with Crippen LogP contribution in [0.3, 0.4) is 0 Å². The molecule has 6 nitrogen and oxygen atoms in total. The van der Waals surface area contributed by atoms with Gasteiger partial charge in [0.15, 0.2) is 5.13 Å². The van der Waals surface area contributed by atoms with E-state index in [-0.39, 0.29) is 31.0 Å². The van der Waals surface area contributed by atoms with Crippen LogP contribution in [0.2, 0.25) is 0 Å². The normalized spacial score (nSPS) is 15.0. The van der Waals surface area contributed by atoms with Crippen LogP contribution < -0.4 is 5.32 Å². The zero-order valence-electron chi connectivity index (χ0n) is 18.2. The number of carboxylic acids is 1. The monoisotopic (exact) mass is 458 g/mol. The lowest BCUT2D eigenvalue weighted by Crippen LogP contribution is -2.14. The summed E-state index contributed by atoms with van der Waals surface area (Å²) in [6.07, 6.45) is 11.5. The molecule has 0 radical (unpaired) electrons. The topological polar surface area (TPSA) is 96.4 Å². The highest BCUT2D eigenvalue weighted by Gasteiger charge is 2.22. The van der Waals surface area contributed by atoms with Gasteiger partial charge in [-0.15, -0.1) is 22.9 Å². The zero-order chi connectivity index (χ0) is 22.4. The van der Waals surface area contributed by atoms with E-state index in [1.165, 1.54) is 36.9 Å². The number of aryl methyl sites for hydroxylation is 1. The molecule has 1 aliphatic carbocycles. The maximum Gasteiger partial charge on any atom is 0.303 e. The van der Waals surface area contributed by atoms with Gasteiger partial charge < -0.3 is 10.4 Å². The Kier molecular flexibility index (Phi) is 13.6. The van der Waals surface area contributed by atoms with Gasteiger partial charge in [-0.1, -0.05) is 32.6 Å². The quantitative estimate of drug-likeness (QED) is 0.295. The number of aromatic nitrogens is 1. The molecular weight excluding hydrogens is 424 g/mol. The van der Waals surface area contributed by atoms with Crippen molar-refractivity contribution in [3.63, 3.8) is 0 Å². The van der Waals surface area contributed by atoms with Crippen molar-refractivity contribution in [3.8, 4) is 0 Å². The predicted molar refractivity (Wildman–Crippen MR) is 123 cm³/mol. The van der Waals surface area contributed by atoms with Gasteiger partial charge >= 0.3 is 5.97 Å². The summed E-state index contributed by atoms with van der Waals surface area (Å²) in [5.74, 6) is -0.163. The maximum absolute atomic E-state index is 12.1. The first-order valence-corrected chi connectivity index (χ1v) is 12.4. The summed E-state index contributed by atoms with van der Waals surface area (Å²) in [6.45, 7) is 2.22. The van der Waals surface area contributed by atoms with E-state index in [9.17, 15) is 14.4 Å². The summed E-state index contributed by atoms with van der Waals surface area (Å²) >= 11 is 6.22. The molecule has 1 aromatic rings. The summed E-state index contributed by atoms with van der Waals surface area (Å²) in [5, 5.41) is 12.1. The van der Waals surface area contributed by atoms with Gasteiger partial charge in [0.25, 0.3) is 0 Å². The van der Waals surface area contributed by atoms with E-state index < -0.39 is 5.97 Å². The average molecular weight is 459 g/mol. The average Bonchev–Trinajstić information content (AvgIpc) is 3.13. The van der Waals surface area contributed by atoms with Crippen LogP contribution in [-0.4, -0.2) is 34.1 Å². The number of nitrogens with zero attached hydrogens (tertiary/aromatic N) is 1. The number of hydrogen-bond acceptors (Lipinski definition) is 5. The van der Waals surface area contributed by atoms with Gasteiger partial charge in [-0.05, 0) is 38.0 Å². The number of halogens is 1. The fourth-order valence-electron chi connectivity index (χ4n) is 3.57. The van der Waals surface area contributed by atoms with Crippen LogP contribution in [-0.2, 0) is 27.2 Å². The highest BCUT2D eigenvalue weighted by Crippen LogP contribution is 2.34. The second kappa shape index (κ2) is 15.3. The van der Waals surface area contributed by atoms with Crippen LogP contribution in [0.15, 0.2) is 0 Å². The number of amides is 1. The number of carboxylic acid groups (broad SMARTS) is 1. The summed E-state index contributed by atoms with van der Waals surface area (Å²) in [6, 6.07) is 0. The number of unbranched alkanes of at least 4 members (excludes halogenated alkanes) is 3. The highest BCUT2D eigenvalue weighted by atomic mass is 35.5. The number of hydrogen-bond donors (Lipinski definition) is 2. The first-order valence-electron chi connectivity index (χ1n) is 10.9. The molecule has 2 rings (SSSR count). The number of fused-ring (bicyclic) bond motifs is 1. The molecule has 0 fully saturated rings. The molecule has 30 heavy (non-hydrogen) atoms. The molecule has 1 heterocycles. The SMILES string of the molecule is CCCC[C@H]1CCc2nc(NC(=O)CCC(=O)CCCCCC(=O)O)sc2C1.CCl. The number of Topliss-reactive ketones (excluding diaryl/α,β-unsaturated/α-hetero) is 1. The third-order valence-electron chi connectivity index (χ3n) is 5.23. The fraction of sp³-hybridized carbons (Fsp3) is 0.727. The largest absolute Gasteiger partial charge is 0.481 e. The molecule has 1 aromatic heterocycles. The van der Waals surface area contributed by atoms with Crippen molar-refractivity contribution in [1.29, 1.82) is 0 Å². The van der Waals surface area contributed by atoms with Crippen molar-refractivity contribution in [1.82, 2.24) is 4.98 Å². The first kappa shape index (κ1) is 26.6. The molecule has 170 valence electrons. The second-order valence-corrected chi connectivity index (χ2v) is 8.76. The fourth-order valence-corrected chi connectivity index (χ4v) is 4.71. The Hall–Kier alpha value is -1.47. The van der Waals surface area contributed by atoms with E-state index in [0.717, 1.165) is 30.9 Å². The molecule has 1 atom stereocenters. The minimum absolute atomic E-state index is 0.0580. The highest BCUT2D eigenvalue weighted by molar-refractivity contribution is 7.15. The van der Waals surface area contributed by atoms with Gasteiger partial charge in [0.2, 0.25) is 5.91 Å². The van der Waals surface area contributed by atoms with Crippen LogP contribution >= 0.6 is 22.9 Å². The number of nitrogens with one attached hydrogen (secondary N) is 1. The van der Waals surface area contributed by atoms with Crippen molar-refractivity contribution >= 4 is 45.7 Å². The number of rotatable bonds is 13. The summed E-state index contributed by atoms with van der Waals surface area (Å²) < 4.78 is 0. The number of aliphatic carboxylic acids is 1. The molecule has 0 spiro atoms. The molecule has 0 unspecified atom stereocenters. The lowest BCUT2D eigenvalue weighted by atomic mass is 9.87. The number of thiazole rings is 1. The summed E-state index contributed by atoms with van der Waals surface area (Å²) in [4.78, 5) is 40.3. The summed E-state index contributed by atoms with van der Waals surface area (Å²) in [7, 11) is 0. The molecule has 0 bridgehead atoms. The third-order valence-corrected chi connectivity index (χ3v) is 6.27. The van der Waals surface area contributed by atoms with Gasteiger partial charge in [0.1, 0.15) is 5.78 Å². The third kappa shape index (κ3) is 10.5. The van der Waals surface area contributed by atoms with Crippen LogP contribution in [0.25, 0.3) is 0 Å². The Morgan fingerprint density at radius 3 is 2.53 bits per heavy atom. The Morgan fingerprint density at radius 1 is 1.10 bits per heavy atom. The van der Waals surface area contributed by atoms with E-state index in [0.29, 0.717) is 24.4 Å². The molecule has 0 saturated carbocycles. The predicted octanol–water partition coefficient (Wildman–Crippen LogP) is 5.62. The maximum atomic E-state index is 12.1. The van der Waals surface area contributed by atoms with Crippen LogP contribution in [0.1, 0.15) is 88.1 Å². The number of alkyl halides is 1. The zero-order valence-corrected chi connectivity index (χ0v) is 19.7. The van der Waals surface area contributed by atoms with Crippen molar-refractivity contribution in [3.05, 3.63) is 10.6 Å². The van der Waals surface area contributed by atoms with Crippen molar-refractivity contribution < 1.29 is 19.5 Å². The van der Waals surface area contributed by atoms with Gasteiger partial charge in [-0.2, -0.15) is 0 Å². The molecule has 8 heteroatoms. The Morgan fingerprint density at radius 2 is 1.83 bits per heavy atom. The van der Waals surface area contributed by atoms with Gasteiger partial charge in [0.05, 0.1) is 5.69 Å². The number of carbonyl (C=O) groups is 3. The summed E-state index contributed by atoms with van der Waals surface area (Å²) in [5.41, 5.74) is 1.13. The standard InChI is InChI=1S/C21H32N2O4S.CH3Cl/c1-2-3-7-15-10-12-17-18(14-15)28-21(22-17)23-19(25)13-11-16(24)8-5-4-6-9-20(26)27;1-2/h15H,2-14H2,1H3,(H,26,27)(H,22,23,25);1H3/t15-;/m0./s1. The Labute approximate surface area is 188 Å². The molecule has 0 aromatic carbocycles. The molecule has 0 aliphatic heterocycles. The minimum atomic E-state index is -0.802. The first-order chi connectivity index (χ1) is 14.5. The molecule has 2 N–H and O–H groups in total.